The first-order valence-electron chi connectivity index (χ1n) is 3.88. The molecule has 0 fully saturated rings. The monoisotopic (exact) mass is 328 g/mol. The average Bonchev–Trinajstić information content (AvgIpc) is 2.27. The second-order valence-electron chi connectivity index (χ2n) is 2.40. The molecule has 10 nitrogen and oxygen atoms in total. The molecule has 0 atom stereocenters. The van der Waals surface area contributed by atoms with Crippen molar-refractivity contribution in [2.24, 2.45) is 0 Å². The van der Waals surface area contributed by atoms with Crippen LogP contribution in [0.15, 0.2) is 0 Å². The van der Waals surface area contributed by atoms with Gasteiger partial charge in [0.25, 0.3) is 0 Å². The number of hydrogen-bond acceptors (Lipinski definition) is 10. The second kappa shape index (κ2) is 8.35. The van der Waals surface area contributed by atoms with E-state index in [1.807, 2.05) is 0 Å². The summed E-state index contributed by atoms with van der Waals surface area (Å²) in [4.78, 5) is 60.7. The maximum atomic E-state index is 11.8. The predicted octanol–water partition coefficient (Wildman–Crippen LogP) is -1.44. The van der Waals surface area contributed by atoms with Gasteiger partial charge in [0.05, 0.1) is 0 Å². The van der Waals surface area contributed by atoms with Crippen molar-refractivity contribution in [2.75, 3.05) is 0 Å². The Balaban J connectivity index is 0. The standard InChI is InChI=1S/C6F3O10P.Li.H/c7-1(10)4(13)17-20(16,18-5(14)2(8)11)19-6(15)3(9)12;;. The molecule has 15 heteroatoms. The molecule has 0 N–H and O–H groups in total. The van der Waals surface area contributed by atoms with Crippen LogP contribution in [0.3, 0.4) is 0 Å². The molecule has 0 radical (unpaired) electrons. The van der Waals surface area contributed by atoms with Crippen molar-refractivity contribution in [3.63, 3.8) is 0 Å². The molecule has 112 valence electrons. The summed E-state index contributed by atoms with van der Waals surface area (Å²) in [5.74, 6) is -7.98. The van der Waals surface area contributed by atoms with Gasteiger partial charge in [-0.25, -0.2) is 28.8 Å². The van der Waals surface area contributed by atoms with E-state index in [2.05, 4.69) is 13.6 Å². The van der Waals surface area contributed by atoms with Crippen molar-refractivity contribution in [2.45, 2.75) is 0 Å². The molecule has 0 aromatic heterocycles. The van der Waals surface area contributed by atoms with Crippen molar-refractivity contribution < 1.29 is 60.1 Å². The van der Waals surface area contributed by atoms with Crippen LogP contribution in [0.2, 0.25) is 0 Å². The topological polar surface area (TPSA) is 147 Å². The molecule has 21 heavy (non-hydrogen) atoms. The van der Waals surface area contributed by atoms with E-state index in [9.17, 15) is 46.5 Å². The van der Waals surface area contributed by atoms with Gasteiger partial charge >= 0.3 is 62.7 Å². The Morgan fingerprint density at radius 3 is 0.952 bits per heavy atom. The van der Waals surface area contributed by atoms with E-state index in [0.717, 1.165) is 0 Å². The van der Waals surface area contributed by atoms with Crippen LogP contribution in [0.25, 0.3) is 0 Å². The number of phosphoric ester groups is 1. The molecule has 0 aliphatic carbocycles. The Bertz CT molecular complexity index is 483. The van der Waals surface area contributed by atoms with Crippen molar-refractivity contribution in [3.05, 3.63) is 0 Å². The summed E-state index contributed by atoms with van der Waals surface area (Å²) < 4.78 is 56.4. The van der Waals surface area contributed by atoms with Crippen LogP contribution in [-0.4, -0.2) is 54.9 Å². The molecular formula is C6HF3LiO10P. The van der Waals surface area contributed by atoms with Gasteiger partial charge in [0.1, 0.15) is 0 Å². The van der Waals surface area contributed by atoms with Crippen molar-refractivity contribution >= 4 is 62.7 Å². The molecule has 0 unspecified atom stereocenters. The number of carbonyl (C=O) groups excluding carboxylic acids is 6. The third-order valence-corrected chi connectivity index (χ3v) is 2.23. The number of carbonyl (C=O) groups is 6. The number of hydrogen-bond donors (Lipinski definition) is 0. The molecule has 0 saturated carbocycles. The number of phosphoric acid groups is 1. The normalized spacial score (nSPS) is 9.67. The number of rotatable bonds is 6. The first kappa shape index (κ1) is 21.3. The Morgan fingerprint density at radius 1 is 0.619 bits per heavy atom. The van der Waals surface area contributed by atoms with Crippen molar-refractivity contribution in [3.8, 4) is 0 Å². The Morgan fingerprint density at radius 2 is 0.810 bits per heavy atom. The molecule has 0 rings (SSSR count). The fourth-order valence-electron chi connectivity index (χ4n) is 0.468. The van der Waals surface area contributed by atoms with Crippen LogP contribution in [-0.2, 0) is 46.9 Å². The van der Waals surface area contributed by atoms with Gasteiger partial charge in [0, 0.05) is 0 Å². The minimum absolute atomic E-state index is 0. The van der Waals surface area contributed by atoms with E-state index in [-0.39, 0.29) is 18.9 Å². The van der Waals surface area contributed by atoms with E-state index < -0.39 is 43.8 Å². The Kier molecular flexibility index (Phi) is 8.49. The predicted molar refractivity (Wildman–Crippen MR) is 51.4 cm³/mol. The van der Waals surface area contributed by atoms with Crippen molar-refractivity contribution in [1.82, 2.24) is 0 Å². The van der Waals surface area contributed by atoms with Gasteiger partial charge in [-0.15, -0.1) is 0 Å². The van der Waals surface area contributed by atoms with Gasteiger partial charge in [0.2, 0.25) is 0 Å². The molecule has 0 aromatic carbocycles. The second-order valence-corrected chi connectivity index (χ2v) is 3.85. The van der Waals surface area contributed by atoms with Gasteiger partial charge in [-0.1, -0.05) is 0 Å². The van der Waals surface area contributed by atoms with Gasteiger partial charge < -0.3 is 13.6 Å². The zero-order valence-electron chi connectivity index (χ0n) is 8.66. The minimum atomic E-state index is -5.98. The van der Waals surface area contributed by atoms with E-state index >= 15 is 0 Å². The van der Waals surface area contributed by atoms with E-state index in [1.54, 1.807) is 0 Å². The molecule has 0 aliphatic heterocycles. The van der Waals surface area contributed by atoms with Gasteiger partial charge in [-0.3, -0.25) is 0 Å². The first-order valence-corrected chi connectivity index (χ1v) is 5.34. The molecule has 0 aromatic rings. The Labute approximate surface area is 123 Å². The molecule has 0 bridgehead atoms. The van der Waals surface area contributed by atoms with Crippen molar-refractivity contribution in [1.29, 1.82) is 0 Å². The fourth-order valence-corrected chi connectivity index (χ4v) is 1.40. The maximum absolute atomic E-state index is 11.8. The summed E-state index contributed by atoms with van der Waals surface area (Å²) in [5, 5.41) is 0. The third-order valence-electron chi connectivity index (χ3n) is 1.07. The molecule has 0 saturated heterocycles. The quantitative estimate of drug-likeness (QED) is 0.246. The van der Waals surface area contributed by atoms with Crippen LogP contribution >= 0.6 is 7.82 Å². The fraction of sp³-hybridized carbons (Fsp3) is 0. The van der Waals surface area contributed by atoms with Crippen LogP contribution in [0.1, 0.15) is 0 Å². The molecule has 0 spiro atoms. The SMILES string of the molecule is O=C(F)C(=O)OP(=O)(OC(=O)C(=O)F)OC(=O)C(=O)F.[LiH]. The average molecular weight is 328 g/mol. The summed E-state index contributed by atoms with van der Waals surface area (Å²) >= 11 is 0. The summed E-state index contributed by atoms with van der Waals surface area (Å²) in [5.41, 5.74) is 0. The zero-order chi connectivity index (χ0) is 16.1. The van der Waals surface area contributed by atoms with Crippen LogP contribution in [0.5, 0.6) is 0 Å². The van der Waals surface area contributed by atoms with Crippen LogP contribution in [0, 0.1) is 0 Å². The van der Waals surface area contributed by atoms with E-state index in [4.69, 9.17) is 0 Å². The first-order chi connectivity index (χ1) is 8.98. The van der Waals surface area contributed by atoms with Gasteiger partial charge in [0.15, 0.2) is 0 Å². The summed E-state index contributed by atoms with van der Waals surface area (Å²) in [6.45, 7) is 0. The zero-order valence-corrected chi connectivity index (χ0v) is 9.56. The summed E-state index contributed by atoms with van der Waals surface area (Å²) in [7, 11) is -5.98. The van der Waals surface area contributed by atoms with Crippen LogP contribution in [0.4, 0.5) is 13.2 Å². The molecular weight excluding hydrogens is 327 g/mol. The Hall–Kier alpha value is -1.96. The van der Waals surface area contributed by atoms with Gasteiger partial charge in [-0.2, -0.15) is 17.7 Å². The summed E-state index contributed by atoms with van der Waals surface area (Å²) in [6, 6.07) is -8.80. The van der Waals surface area contributed by atoms with E-state index in [0.29, 0.717) is 0 Å². The molecule has 0 aliphatic rings. The van der Waals surface area contributed by atoms with Gasteiger partial charge in [-0.05, 0) is 0 Å². The third kappa shape index (κ3) is 7.40. The molecule has 0 heterocycles. The summed E-state index contributed by atoms with van der Waals surface area (Å²) in [6.07, 6.45) is 0. The number of halogens is 3. The molecule has 0 amide bonds. The van der Waals surface area contributed by atoms with Crippen LogP contribution < -0.4 is 0 Å². The van der Waals surface area contributed by atoms with E-state index in [1.165, 1.54) is 0 Å².